The minimum atomic E-state index is -0.856. The lowest BCUT2D eigenvalue weighted by Crippen LogP contribution is -2.42. The van der Waals surface area contributed by atoms with Crippen molar-refractivity contribution in [2.45, 2.75) is 32.9 Å². The Balaban J connectivity index is 1.80. The molecule has 0 bridgehead atoms. The van der Waals surface area contributed by atoms with Gasteiger partial charge in [0.25, 0.3) is 5.91 Å². The zero-order valence-corrected chi connectivity index (χ0v) is 13.0. The van der Waals surface area contributed by atoms with Crippen molar-refractivity contribution in [1.82, 2.24) is 5.32 Å². The van der Waals surface area contributed by atoms with E-state index in [-0.39, 0.29) is 25.2 Å². The van der Waals surface area contributed by atoms with Crippen molar-refractivity contribution in [2.24, 2.45) is 5.92 Å². The smallest absolute Gasteiger partial charge is 0.351 e. The third-order valence-electron chi connectivity index (χ3n) is 3.51. The molecule has 6 heteroatoms. The third-order valence-corrected chi connectivity index (χ3v) is 3.51. The predicted octanol–water partition coefficient (Wildman–Crippen LogP) is 1.53. The van der Waals surface area contributed by atoms with Crippen molar-refractivity contribution < 1.29 is 23.8 Å². The van der Waals surface area contributed by atoms with Gasteiger partial charge in [0.1, 0.15) is 6.61 Å². The van der Waals surface area contributed by atoms with E-state index < -0.39 is 12.1 Å². The van der Waals surface area contributed by atoms with Gasteiger partial charge in [0.15, 0.2) is 18.1 Å². The van der Waals surface area contributed by atoms with Gasteiger partial charge >= 0.3 is 5.97 Å². The summed E-state index contributed by atoms with van der Waals surface area (Å²) in [6.07, 6.45) is -0.856. The SMILES string of the molecule is CC(C)[C@@H](C)NC(=O)COC(=O)[C@@H]1COc2ccccc2O1. The van der Waals surface area contributed by atoms with Crippen LogP contribution < -0.4 is 14.8 Å². The molecule has 120 valence electrons. The molecule has 0 unspecified atom stereocenters. The number of ether oxygens (including phenoxy) is 3. The normalized spacial score (nSPS) is 17.7. The Labute approximate surface area is 129 Å². The van der Waals surface area contributed by atoms with Crippen LogP contribution in [0.25, 0.3) is 0 Å². The van der Waals surface area contributed by atoms with Crippen LogP contribution in [0, 0.1) is 5.92 Å². The number of nitrogens with one attached hydrogen (secondary N) is 1. The van der Waals surface area contributed by atoms with Crippen molar-refractivity contribution in [3.05, 3.63) is 24.3 Å². The van der Waals surface area contributed by atoms with Crippen molar-refractivity contribution >= 4 is 11.9 Å². The predicted molar refractivity (Wildman–Crippen MR) is 79.8 cm³/mol. The summed E-state index contributed by atoms with van der Waals surface area (Å²) in [7, 11) is 0. The highest BCUT2D eigenvalue weighted by atomic mass is 16.6. The van der Waals surface area contributed by atoms with E-state index in [4.69, 9.17) is 14.2 Å². The molecule has 1 aliphatic rings. The molecule has 0 aliphatic carbocycles. The standard InChI is InChI=1S/C16H21NO5/c1-10(2)11(3)17-15(18)9-21-16(19)14-8-20-12-6-4-5-7-13(12)22-14/h4-7,10-11,14H,8-9H2,1-3H3,(H,17,18)/t11-,14+/m1/s1. The molecule has 0 spiro atoms. The Bertz CT molecular complexity index is 543. The van der Waals surface area contributed by atoms with Crippen molar-refractivity contribution in [3.8, 4) is 11.5 Å². The number of para-hydroxylation sites is 2. The zero-order valence-electron chi connectivity index (χ0n) is 13.0. The first-order valence-electron chi connectivity index (χ1n) is 7.32. The highest BCUT2D eigenvalue weighted by molar-refractivity contribution is 5.82. The molecule has 1 heterocycles. The van der Waals surface area contributed by atoms with Crippen LogP contribution in [0.3, 0.4) is 0 Å². The molecule has 0 fully saturated rings. The van der Waals surface area contributed by atoms with Crippen LogP contribution in [0.15, 0.2) is 24.3 Å². The Morgan fingerprint density at radius 2 is 1.95 bits per heavy atom. The summed E-state index contributed by atoms with van der Waals surface area (Å²) < 4.78 is 15.9. The molecule has 0 saturated carbocycles. The van der Waals surface area contributed by atoms with Gasteiger partial charge < -0.3 is 19.5 Å². The molecule has 1 aromatic rings. The van der Waals surface area contributed by atoms with E-state index in [1.54, 1.807) is 18.2 Å². The molecule has 0 saturated heterocycles. The number of amides is 1. The summed E-state index contributed by atoms with van der Waals surface area (Å²) in [4.78, 5) is 23.6. The van der Waals surface area contributed by atoms with E-state index in [0.717, 1.165) is 0 Å². The number of hydrogen-bond donors (Lipinski definition) is 1. The number of rotatable bonds is 5. The number of fused-ring (bicyclic) bond motifs is 1. The van der Waals surface area contributed by atoms with E-state index in [2.05, 4.69) is 5.32 Å². The van der Waals surface area contributed by atoms with E-state index >= 15 is 0 Å². The van der Waals surface area contributed by atoms with Crippen LogP contribution in [-0.4, -0.2) is 37.2 Å². The lowest BCUT2D eigenvalue weighted by atomic mass is 10.1. The molecule has 6 nitrogen and oxygen atoms in total. The van der Waals surface area contributed by atoms with Gasteiger partial charge in [-0.25, -0.2) is 4.79 Å². The van der Waals surface area contributed by atoms with Gasteiger partial charge in [0.05, 0.1) is 0 Å². The quantitative estimate of drug-likeness (QED) is 0.835. The molecular formula is C16H21NO5. The van der Waals surface area contributed by atoms with Gasteiger partial charge in [0.2, 0.25) is 6.10 Å². The van der Waals surface area contributed by atoms with Crippen molar-refractivity contribution in [3.63, 3.8) is 0 Å². The summed E-state index contributed by atoms with van der Waals surface area (Å²) >= 11 is 0. The maximum absolute atomic E-state index is 11.9. The number of carbonyl (C=O) groups is 2. The summed E-state index contributed by atoms with van der Waals surface area (Å²) in [6.45, 7) is 5.65. The average Bonchev–Trinajstić information content (AvgIpc) is 2.52. The van der Waals surface area contributed by atoms with Crippen LogP contribution in [0.1, 0.15) is 20.8 Å². The van der Waals surface area contributed by atoms with Crippen molar-refractivity contribution in [2.75, 3.05) is 13.2 Å². The molecule has 1 aliphatic heterocycles. The van der Waals surface area contributed by atoms with Crippen molar-refractivity contribution in [1.29, 1.82) is 0 Å². The van der Waals surface area contributed by atoms with Gasteiger partial charge in [-0.3, -0.25) is 4.79 Å². The molecule has 2 atom stereocenters. The maximum Gasteiger partial charge on any atom is 0.351 e. The van der Waals surface area contributed by atoms with Gasteiger partial charge in [-0.05, 0) is 25.0 Å². The lowest BCUT2D eigenvalue weighted by molar-refractivity contribution is -0.157. The third kappa shape index (κ3) is 4.13. The maximum atomic E-state index is 11.9. The van der Waals surface area contributed by atoms with E-state index in [9.17, 15) is 9.59 Å². The van der Waals surface area contributed by atoms with E-state index in [1.165, 1.54) is 0 Å². The Morgan fingerprint density at radius 1 is 1.27 bits per heavy atom. The lowest BCUT2D eigenvalue weighted by Gasteiger charge is -2.25. The second-order valence-corrected chi connectivity index (χ2v) is 5.57. The number of benzene rings is 1. The largest absolute Gasteiger partial charge is 0.485 e. The van der Waals surface area contributed by atoms with Crippen LogP contribution in [0.2, 0.25) is 0 Å². The van der Waals surface area contributed by atoms with Gasteiger partial charge in [0, 0.05) is 6.04 Å². The summed E-state index contributed by atoms with van der Waals surface area (Å²) in [5.74, 6) is 0.461. The number of esters is 1. The fraction of sp³-hybridized carbons (Fsp3) is 0.500. The Morgan fingerprint density at radius 3 is 2.64 bits per heavy atom. The number of carbonyl (C=O) groups excluding carboxylic acids is 2. The minimum Gasteiger partial charge on any atom is -0.485 e. The molecule has 2 rings (SSSR count). The van der Waals surface area contributed by atoms with E-state index in [0.29, 0.717) is 17.4 Å². The van der Waals surface area contributed by atoms with Gasteiger partial charge in [-0.2, -0.15) is 0 Å². The van der Waals surface area contributed by atoms with Crippen LogP contribution >= 0.6 is 0 Å². The minimum absolute atomic E-state index is 0.0207. The Hall–Kier alpha value is -2.24. The molecule has 1 aromatic carbocycles. The van der Waals surface area contributed by atoms with Crippen LogP contribution in [-0.2, 0) is 14.3 Å². The summed E-state index contributed by atoms with van der Waals surface area (Å²) in [5, 5.41) is 2.77. The summed E-state index contributed by atoms with van der Waals surface area (Å²) in [6, 6.07) is 7.11. The van der Waals surface area contributed by atoms with Crippen LogP contribution in [0.5, 0.6) is 11.5 Å². The fourth-order valence-electron chi connectivity index (χ4n) is 1.83. The monoisotopic (exact) mass is 307 g/mol. The topological polar surface area (TPSA) is 73.9 Å². The first-order valence-corrected chi connectivity index (χ1v) is 7.32. The number of hydrogen-bond acceptors (Lipinski definition) is 5. The molecule has 22 heavy (non-hydrogen) atoms. The Kier molecular flexibility index (Phi) is 5.25. The zero-order chi connectivity index (χ0) is 16.1. The highest BCUT2D eigenvalue weighted by Gasteiger charge is 2.29. The second-order valence-electron chi connectivity index (χ2n) is 5.57. The average molecular weight is 307 g/mol. The first kappa shape index (κ1) is 16.1. The van der Waals surface area contributed by atoms with Gasteiger partial charge in [-0.1, -0.05) is 26.0 Å². The second kappa shape index (κ2) is 7.15. The molecule has 1 N–H and O–H groups in total. The van der Waals surface area contributed by atoms with E-state index in [1.807, 2.05) is 26.8 Å². The molecular weight excluding hydrogens is 286 g/mol. The van der Waals surface area contributed by atoms with Gasteiger partial charge in [-0.15, -0.1) is 0 Å². The highest BCUT2D eigenvalue weighted by Crippen LogP contribution is 2.31. The van der Waals surface area contributed by atoms with Crippen LogP contribution in [0.4, 0.5) is 0 Å². The fourth-order valence-corrected chi connectivity index (χ4v) is 1.83. The molecule has 1 amide bonds. The first-order chi connectivity index (χ1) is 10.5. The molecule has 0 radical (unpaired) electrons. The summed E-state index contributed by atoms with van der Waals surface area (Å²) in [5.41, 5.74) is 0. The molecule has 0 aromatic heterocycles.